The van der Waals surface area contributed by atoms with Gasteiger partial charge < -0.3 is 5.32 Å². The largest absolute Gasteiger partial charge is 0.306 e. The fourth-order valence-corrected chi connectivity index (χ4v) is 2.47. The van der Waals surface area contributed by atoms with Crippen LogP contribution in [0.2, 0.25) is 5.02 Å². The van der Waals surface area contributed by atoms with E-state index in [1.54, 1.807) is 12.1 Å². The summed E-state index contributed by atoms with van der Waals surface area (Å²) in [6, 6.07) is 11.2. The van der Waals surface area contributed by atoms with Crippen molar-refractivity contribution in [3.8, 4) is 0 Å². The summed E-state index contributed by atoms with van der Waals surface area (Å²) in [4.78, 5) is 0. The van der Waals surface area contributed by atoms with Gasteiger partial charge >= 0.3 is 0 Å². The molecule has 1 atom stereocenters. The standard InChI is InChI=1S/C17H19ClFN/c1-11-4-5-12(2)16(8-11)13(3)20-10-14-9-15(18)6-7-17(14)19/h4-9,13,20H,10H2,1-3H3. The maximum Gasteiger partial charge on any atom is 0.127 e. The van der Waals surface area contributed by atoms with Crippen molar-refractivity contribution < 1.29 is 4.39 Å². The van der Waals surface area contributed by atoms with Crippen LogP contribution >= 0.6 is 11.6 Å². The molecule has 0 aliphatic heterocycles. The molecule has 0 aliphatic rings. The highest BCUT2D eigenvalue weighted by Crippen LogP contribution is 2.20. The maximum absolute atomic E-state index is 13.7. The van der Waals surface area contributed by atoms with Crippen molar-refractivity contribution in [1.82, 2.24) is 5.32 Å². The van der Waals surface area contributed by atoms with Crippen molar-refractivity contribution >= 4 is 11.6 Å². The third-order valence-corrected chi connectivity index (χ3v) is 3.74. The van der Waals surface area contributed by atoms with Crippen molar-refractivity contribution in [2.45, 2.75) is 33.4 Å². The van der Waals surface area contributed by atoms with Crippen LogP contribution in [-0.2, 0) is 6.54 Å². The first-order chi connectivity index (χ1) is 9.47. The van der Waals surface area contributed by atoms with Gasteiger partial charge in [0.15, 0.2) is 0 Å². The molecule has 0 radical (unpaired) electrons. The summed E-state index contributed by atoms with van der Waals surface area (Å²) in [6.45, 7) is 6.71. The number of hydrogen-bond donors (Lipinski definition) is 1. The van der Waals surface area contributed by atoms with E-state index < -0.39 is 0 Å². The minimum Gasteiger partial charge on any atom is -0.306 e. The van der Waals surface area contributed by atoms with Gasteiger partial charge in [-0.25, -0.2) is 4.39 Å². The lowest BCUT2D eigenvalue weighted by Crippen LogP contribution is -2.19. The lowest BCUT2D eigenvalue weighted by Gasteiger charge is -2.17. The first kappa shape index (κ1) is 15.0. The molecule has 106 valence electrons. The van der Waals surface area contributed by atoms with E-state index in [1.807, 2.05) is 0 Å². The molecule has 2 rings (SSSR count). The van der Waals surface area contributed by atoms with Gasteiger partial charge in [0.2, 0.25) is 0 Å². The summed E-state index contributed by atoms with van der Waals surface area (Å²) < 4.78 is 13.7. The Morgan fingerprint density at radius 1 is 1.15 bits per heavy atom. The van der Waals surface area contributed by atoms with Crippen molar-refractivity contribution in [3.05, 3.63) is 69.5 Å². The lowest BCUT2D eigenvalue weighted by atomic mass is 10.00. The second-order valence-electron chi connectivity index (χ2n) is 5.20. The zero-order chi connectivity index (χ0) is 14.7. The number of halogens is 2. The summed E-state index contributed by atoms with van der Waals surface area (Å²) in [5, 5.41) is 3.91. The quantitative estimate of drug-likeness (QED) is 0.841. The Kier molecular flexibility index (Phi) is 4.79. The molecular weight excluding hydrogens is 273 g/mol. The van der Waals surface area contributed by atoms with Crippen molar-refractivity contribution in [2.75, 3.05) is 0 Å². The molecule has 0 aromatic heterocycles. The minimum absolute atomic E-state index is 0.160. The molecule has 2 aromatic rings. The van der Waals surface area contributed by atoms with Crippen molar-refractivity contribution in [1.29, 1.82) is 0 Å². The molecule has 0 aliphatic carbocycles. The lowest BCUT2D eigenvalue weighted by molar-refractivity contribution is 0.542. The Hall–Kier alpha value is -1.38. The summed E-state index contributed by atoms with van der Waals surface area (Å²) in [7, 11) is 0. The maximum atomic E-state index is 13.7. The average Bonchev–Trinajstić information content (AvgIpc) is 2.42. The van der Waals surface area contributed by atoms with Crippen LogP contribution in [0.1, 0.15) is 35.2 Å². The molecule has 0 saturated heterocycles. The van der Waals surface area contributed by atoms with Gasteiger partial charge in [0.25, 0.3) is 0 Å². The highest BCUT2D eigenvalue weighted by molar-refractivity contribution is 6.30. The van der Waals surface area contributed by atoms with Gasteiger partial charge in [-0.15, -0.1) is 0 Å². The number of aryl methyl sites for hydroxylation is 2. The molecule has 20 heavy (non-hydrogen) atoms. The summed E-state index contributed by atoms with van der Waals surface area (Å²) in [5.41, 5.74) is 4.30. The molecule has 1 unspecified atom stereocenters. The molecule has 0 spiro atoms. The average molecular weight is 292 g/mol. The van der Waals surface area contributed by atoms with Gasteiger partial charge in [-0.3, -0.25) is 0 Å². The Morgan fingerprint density at radius 2 is 1.90 bits per heavy atom. The summed E-state index contributed by atoms with van der Waals surface area (Å²) in [6.07, 6.45) is 0. The Labute approximate surface area is 124 Å². The van der Waals surface area contributed by atoms with E-state index in [-0.39, 0.29) is 11.9 Å². The van der Waals surface area contributed by atoms with E-state index in [1.165, 1.54) is 22.8 Å². The van der Waals surface area contributed by atoms with E-state index in [0.717, 1.165) is 0 Å². The van der Waals surface area contributed by atoms with Gasteiger partial charge in [0, 0.05) is 23.2 Å². The fourth-order valence-electron chi connectivity index (χ4n) is 2.28. The van der Waals surface area contributed by atoms with Crippen LogP contribution in [0.25, 0.3) is 0 Å². The second kappa shape index (κ2) is 6.38. The number of nitrogens with one attached hydrogen (secondary N) is 1. The SMILES string of the molecule is Cc1ccc(C)c(C(C)NCc2cc(Cl)ccc2F)c1. The topological polar surface area (TPSA) is 12.0 Å². The number of benzene rings is 2. The van der Waals surface area contributed by atoms with E-state index in [9.17, 15) is 4.39 Å². The second-order valence-corrected chi connectivity index (χ2v) is 5.63. The molecule has 3 heteroatoms. The van der Waals surface area contributed by atoms with Crippen LogP contribution in [0.3, 0.4) is 0 Å². The monoisotopic (exact) mass is 291 g/mol. The molecule has 0 heterocycles. The van der Waals surface area contributed by atoms with Gasteiger partial charge in [0.1, 0.15) is 5.82 Å². The molecular formula is C17H19ClFN. The highest BCUT2D eigenvalue weighted by atomic mass is 35.5. The van der Waals surface area contributed by atoms with Crippen molar-refractivity contribution in [3.63, 3.8) is 0 Å². The van der Waals surface area contributed by atoms with E-state index in [2.05, 4.69) is 44.3 Å². The summed E-state index contributed by atoms with van der Waals surface area (Å²) in [5.74, 6) is -0.227. The molecule has 2 aromatic carbocycles. The molecule has 1 nitrogen and oxygen atoms in total. The third kappa shape index (κ3) is 3.59. The van der Waals surface area contributed by atoms with Crippen LogP contribution < -0.4 is 5.32 Å². The molecule has 0 bridgehead atoms. The summed E-state index contributed by atoms with van der Waals surface area (Å²) >= 11 is 5.90. The Bertz CT molecular complexity index is 610. The van der Waals surface area contributed by atoms with E-state index in [4.69, 9.17) is 11.6 Å². The Morgan fingerprint density at radius 3 is 2.65 bits per heavy atom. The first-order valence-corrected chi connectivity index (χ1v) is 7.09. The van der Waals surface area contributed by atoms with Crippen LogP contribution in [0.4, 0.5) is 4.39 Å². The Balaban J connectivity index is 2.10. The van der Waals surface area contributed by atoms with Crippen molar-refractivity contribution in [2.24, 2.45) is 0 Å². The zero-order valence-corrected chi connectivity index (χ0v) is 12.8. The van der Waals surface area contributed by atoms with Gasteiger partial charge in [0.05, 0.1) is 0 Å². The van der Waals surface area contributed by atoms with Gasteiger partial charge in [-0.05, 0) is 50.1 Å². The van der Waals surface area contributed by atoms with E-state index in [0.29, 0.717) is 17.1 Å². The zero-order valence-electron chi connectivity index (χ0n) is 12.0. The number of rotatable bonds is 4. The predicted octanol–water partition coefficient (Wildman–Crippen LogP) is 4.95. The fraction of sp³-hybridized carbons (Fsp3) is 0.294. The van der Waals surface area contributed by atoms with Crippen LogP contribution in [0.15, 0.2) is 36.4 Å². The normalized spacial score (nSPS) is 12.4. The minimum atomic E-state index is -0.227. The first-order valence-electron chi connectivity index (χ1n) is 6.72. The molecule has 0 saturated carbocycles. The smallest absolute Gasteiger partial charge is 0.127 e. The van der Waals surface area contributed by atoms with E-state index >= 15 is 0 Å². The van der Waals surface area contributed by atoms with Gasteiger partial charge in [-0.1, -0.05) is 35.4 Å². The predicted molar refractivity (Wildman–Crippen MR) is 82.6 cm³/mol. The molecule has 0 fully saturated rings. The van der Waals surface area contributed by atoms with Crippen LogP contribution in [0, 0.1) is 19.7 Å². The van der Waals surface area contributed by atoms with Crippen LogP contribution in [-0.4, -0.2) is 0 Å². The third-order valence-electron chi connectivity index (χ3n) is 3.51. The molecule has 1 N–H and O–H groups in total. The highest BCUT2D eigenvalue weighted by Gasteiger charge is 2.10. The van der Waals surface area contributed by atoms with Gasteiger partial charge in [-0.2, -0.15) is 0 Å². The molecule has 0 amide bonds. The number of hydrogen-bond acceptors (Lipinski definition) is 1. The van der Waals surface area contributed by atoms with Crippen LogP contribution in [0.5, 0.6) is 0 Å².